The minimum absolute atomic E-state index is 0.0590. The van der Waals surface area contributed by atoms with Gasteiger partial charge in [0, 0.05) is 12.1 Å². The van der Waals surface area contributed by atoms with E-state index in [2.05, 4.69) is 15.3 Å². The van der Waals surface area contributed by atoms with Crippen LogP contribution in [0.5, 0.6) is 5.75 Å². The zero-order valence-electron chi connectivity index (χ0n) is 8.66. The number of nitriles is 2. The zero-order chi connectivity index (χ0) is 12.8. The Labute approximate surface area is 95.5 Å². The van der Waals surface area contributed by atoms with E-state index in [-0.39, 0.29) is 11.4 Å². The Morgan fingerprint density at radius 2 is 2.00 bits per heavy atom. The van der Waals surface area contributed by atoms with E-state index in [9.17, 15) is 8.78 Å². The predicted molar refractivity (Wildman–Crippen MR) is 55.2 cm³/mol. The fourth-order valence-electron chi connectivity index (χ4n) is 0.972. The molecule has 0 aliphatic heterocycles. The number of nitrogens with zero attached hydrogens (tertiary/aromatic N) is 3. The summed E-state index contributed by atoms with van der Waals surface area (Å²) in [5.41, 5.74) is 1.87. The highest BCUT2D eigenvalue weighted by molar-refractivity contribution is 6.10. The summed E-state index contributed by atoms with van der Waals surface area (Å²) in [4.78, 5) is 0. The Morgan fingerprint density at radius 1 is 1.35 bits per heavy atom. The zero-order valence-corrected chi connectivity index (χ0v) is 8.66. The SMILES string of the molecule is COc1cc(NN=C(C#N)C#N)cc(F)c1F. The van der Waals surface area contributed by atoms with Crippen molar-refractivity contribution in [1.29, 1.82) is 10.5 Å². The summed E-state index contributed by atoms with van der Waals surface area (Å²) in [6.07, 6.45) is 0. The van der Waals surface area contributed by atoms with Crippen molar-refractivity contribution in [2.24, 2.45) is 5.10 Å². The standard InChI is InChI=1S/C10H6F2N4O/c1-17-9-3-6(2-8(11)10(9)12)15-16-7(4-13)5-14/h2-3,15H,1H3. The average Bonchev–Trinajstić information content (AvgIpc) is 2.34. The van der Waals surface area contributed by atoms with E-state index < -0.39 is 17.3 Å². The molecule has 1 rings (SSSR count). The Balaban J connectivity index is 3.03. The highest BCUT2D eigenvalue weighted by Gasteiger charge is 2.10. The van der Waals surface area contributed by atoms with Crippen molar-refractivity contribution in [2.75, 3.05) is 12.5 Å². The summed E-state index contributed by atoms with van der Waals surface area (Å²) in [5.74, 6) is -2.56. The Kier molecular flexibility index (Phi) is 3.96. The van der Waals surface area contributed by atoms with Gasteiger partial charge in [0.25, 0.3) is 0 Å². The molecular formula is C10H6F2N4O. The highest BCUT2D eigenvalue weighted by Crippen LogP contribution is 2.24. The molecule has 0 amide bonds. The molecule has 0 aliphatic rings. The van der Waals surface area contributed by atoms with Gasteiger partial charge in [-0.2, -0.15) is 20.0 Å². The molecule has 0 radical (unpaired) electrons. The number of anilines is 1. The van der Waals surface area contributed by atoms with Gasteiger partial charge in [-0.05, 0) is 0 Å². The monoisotopic (exact) mass is 236 g/mol. The molecule has 0 bridgehead atoms. The van der Waals surface area contributed by atoms with Crippen molar-refractivity contribution in [3.8, 4) is 17.9 Å². The number of benzene rings is 1. The van der Waals surface area contributed by atoms with Crippen LogP contribution in [-0.4, -0.2) is 12.8 Å². The maximum atomic E-state index is 13.0. The quantitative estimate of drug-likeness (QED) is 0.640. The highest BCUT2D eigenvalue weighted by atomic mass is 19.2. The molecule has 17 heavy (non-hydrogen) atoms. The molecule has 0 aromatic heterocycles. The molecule has 0 atom stereocenters. The molecule has 5 nitrogen and oxygen atoms in total. The second-order valence-electron chi connectivity index (χ2n) is 2.77. The van der Waals surface area contributed by atoms with Crippen LogP contribution < -0.4 is 10.2 Å². The van der Waals surface area contributed by atoms with Gasteiger partial charge in [-0.25, -0.2) is 4.39 Å². The Hall–Kier alpha value is -2.67. The molecule has 0 saturated carbocycles. The maximum absolute atomic E-state index is 13.0. The lowest BCUT2D eigenvalue weighted by Gasteiger charge is -2.05. The van der Waals surface area contributed by atoms with E-state index in [0.717, 1.165) is 12.1 Å². The molecular weight excluding hydrogens is 230 g/mol. The van der Waals surface area contributed by atoms with Crippen molar-refractivity contribution in [3.05, 3.63) is 23.8 Å². The third-order valence-corrected chi connectivity index (χ3v) is 1.72. The number of rotatable bonds is 3. The third kappa shape index (κ3) is 2.89. The lowest BCUT2D eigenvalue weighted by atomic mass is 10.3. The van der Waals surface area contributed by atoms with Crippen molar-refractivity contribution < 1.29 is 13.5 Å². The first kappa shape index (κ1) is 12.4. The topological polar surface area (TPSA) is 81.2 Å². The van der Waals surface area contributed by atoms with Gasteiger partial charge in [0.2, 0.25) is 11.5 Å². The molecule has 0 spiro atoms. The fourth-order valence-corrected chi connectivity index (χ4v) is 0.972. The van der Waals surface area contributed by atoms with Crippen LogP contribution >= 0.6 is 0 Å². The normalized spacial score (nSPS) is 8.76. The number of methoxy groups -OCH3 is 1. The number of nitrogens with one attached hydrogen (secondary N) is 1. The van der Waals surface area contributed by atoms with Crippen LogP contribution in [0.4, 0.5) is 14.5 Å². The molecule has 0 unspecified atom stereocenters. The molecule has 0 heterocycles. The second kappa shape index (κ2) is 5.42. The smallest absolute Gasteiger partial charge is 0.237 e. The minimum Gasteiger partial charge on any atom is -0.493 e. The molecule has 7 heteroatoms. The van der Waals surface area contributed by atoms with Crippen molar-refractivity contribution in [2.45, 2.75) is 0 Å². The molecule has 1 N–H and O–H groups in total. The minimum atomic E-state index is -1.13. The second-order valence-corrected chi connectivity index (χ2v) is 2.77. The van der Waals surface area contributed by atoms with E-state index in [1.807, 2.05) is 0 Å². The fraction of sp³-hybridized carbons (Fsp3) is 0.100. The number of ether oxygens (including phenoxy) is 1. The predicted octanol–water partition coefficient (Wildman–Crippen LogP) is 1.79. The Bertz CT molecular complexity index is 526. The number of hydrazone groups is 1. The van der Waals surface area contributed by atoms with Crippen LogP contribution in [0.1, 0.15) is 0 Å². The van der Waals surface area contributed by atoms with Crippen molar-refractivity contribution >= 4 is 11.4 Å². The van der Waals surface area contributed by atoms with Crippen molar-refractivity contribution in [1.82, 2.24) is 0 Å². The molecule has 0 fully saturated rings. The van der Waals surface area contributed by atoms with E-state index in [4.69, 9.17) is 10.5 Å². The van der Waals surface area contributed by atoms with Gasteiger partial charge in [0.15, 0.2) is 11.6 Å². The first-order valence-electron chi connectivity index (χ1n) is 4.29. The van der Waals surface area contributed by atoms with Crippen LogP contribution in [0.15, 0.2) is 17.2 Å². The van der Waals surface area contributed by atoms with Gasteiger partial charge < -0.3 is 4.74 Å². The molecule has 1 aromatic rings. The van der Waals surface area contributed by atoms with E-state index in [1.54, 1.807) is 0 Å². The maximum Gasteiger partial charge on any atom is 0.237 e. The summed E-state index contributed by atoms with van der Waals surface area (Å²) in [6, 6.07) is 4.98. The van der Waals surface area contributed by atoms with Gasteiger partial charge in [-0.1, -0.05) is 0 Å². The molecule has 1 aromatic carbocycles. The summed E-state index contributed by atoms with van der Waals surface area (Å²) < 4.78 is 30.7. The largest absolute Gasteiger partial charge is 0.493 e. The van der Waals surface area contributed by atoms with E-state index in [1.165, 1.54) is 19.2 Å². The molecule has 0 aliphatic carbocycles. The summed E-state index contributed by atoms with van der Waals surface area (Å²) in [5, 5.41) is 20.2. The van der Waals surface area contributed by atoms with Gasteiger partial charge in [-0.15, -0.1) is 0 Å². The Morgan fingerprint density at radius 3 is 2.53 bits per heavy atom. The number of halogens is 2. The van der Waals surface area contributed by atoms with Crippen molar-refractivity contribution in [3.63, 3.8) is 0 Å². The number of hydrogen-bond acceptors (Lipinski definition) is 5. The third-order valence-electron chi connectivity index (χ3n) is 1.72. The van der Waals surface area contributed by atoms with Crippen LogP contribution in [-0.2, 0) is 0 Å². The van der Waals surface area contributed by atoms with Gasteiger partial charge >= 0.3 is 0 Å². The van der Waals surface area contributed by atoms with Gasteiger partial charge in [0.1, 0.15) is 12.1 Å². The van der Waals surface area contributed by atoms with E-state index >= 15 is 0 Å². The summed E-state index contributed by atoms with van der Waals surface area (Å²) >= 11 is 0. The van der Waals surface area contributed by atoms with Gasteiger partial charge in [0.05, 0.1) is 12.8 Å². The summed E-state index contributed by atoms with van der Waals surface area (Å²) in [6.45, 7) is 0. The molecule has 86 valence electrons. The summed E-state index contributed by atoms with van der Waals surface area (Å²) in [7, 11) is 1.18. The van der Waals surface area contributed by atoms with Crippen LogP contribution in [0.2, 0.25) is 0 Å². The lowest BCUT2D eigenvalue weighted by Crippen LogP contribution is -1.99. The average molecular weight is 236 g/mol. The first-order chi connectivity index (χ1) is 8.12. The van der Waals surface area contributed by atoms with Crippen LogP contribution in [0.3, 0.4) is 0 Å². The van der Waals surface area contributed by atoms with Crippen LogP contribution in [0, 0.1) is 34.3 Å². The number of hydrogen-bond donors (Lipinski definition) is 1. The molecule has 0 saturated heterocycles. The first-order valence-corrected chi connectivity index (χ1v) is 4.29. The van der Waals surface area contributed by atoms with Crippen LogP contribution in [0.25, 0.3) is 0 Å². The van der Waals surface area contributed by atoms with Gasteiger partial charge in [-0.3, -0.25) is 5.43 Å². The lowest BCUT2D eigenvalue weighted by molar-refractivity contribution is 0.372. The van der Waals surface area contributed by atoms with E-state index in [0.29, 0.717) is 0 Å².